The summed E-state index contributed by atoms with van der Waals surface area (Å²) in [5.41, 5.74) is 5.87. The van der Waals surface area contributed by atoms with Gasteiger partial charge in [0, 0.05) is 12.1 Å². The van der Waals surface area contributed by atoms with Gasteiger partial charge in [0.1, 0.15) is 0 Å². The summed E-state index contributed by atoms with van der Waals surface area (Å²) >= 11 is 0. The van der Waals surface area contributed by atoms with E-state index in [1.807, 2.05) is 7.05 Å². The zero-order valence-electron chi connectivity index (χ0n) is 7.69. The van der Waals surface area contributed by atoms with Crippen molar-refractivity contribution in [1.29, 1.82) is 0 Å². The number of nitrogens with one attached hydrogen (secondary N) is 1. The van der Waals surface area contributed by atoms with E-state index in [1.54, 1.807) is 0 Å². The van der Waals surface area contributed by atoms with Crippen molar-refractivity contribution in [3.05, 3.63) is 0 Å². The van der Waals surface area contributed by atoms with E-state index in [1.165, 1.54) is 25.7 Å². The largest absolute Gasteiger partial charge is 0.329 e. The average molecular weight is 156 g/mol. The van der Waals surface area contributed by atoms with Crippen molar-refractivity contribution in [2.75, 3.05) is 13.6 Å². The Morgan fingerprint density at radius 2 is 2.18 bits per heavy atom. The third-order valence-corrected chi connectivity index (χ3v) is 3.02. The van der Waals surface area contributed by atoms with Gasteiger partial charge in [-0.05, 0) is 26.3 Å². The lowest BCUT2D eigenvalue weighted by atomic mass is 9.76. The van der Waals surface area contributed by atoms with E-state index in [9.17, 15) is 0 Å². The Morgan fingerprint density at radius 1 is 1.55 bits per heavy atom. The van der Waals surface area contributed by atoms with Crippen LogP contribution in [0.3, 0.4) is 0 Å². The second-order valence-electron chi connectivity index (χ2n) is 4.02. The second-order valence-corrected chi connectivity index (χ2v) is 4.02. The number of hydrogen-bond donors (Lipinski definition) is 2. The summed E-state index contributed by atoms with van der Waals surface area (Å²) in [5, 5.41) is 3.30. The molecule has 0 heterocycles. The molecule has 0 amide bonds. The fraction of sp³-hybridized carbons (Fsp3) is 1.00. The number of likely N-dealkylation sites (N-methyl/N-ethyl adjacent to an activating group) is 1. The van der Waals surface area contributed by atoms with Crippen molar-refractivity contribution in [3.63, 3.8) is 0 Å². The van der Waals surface area contributed by atoms with Crippen LogP contribution >= 0.6 is 0 Å². The maximum absolute atomic E-state index is 5.68. The van der Waals surface area contributed by atoms with Gasteiger partial charge in [0.05, 0.1) is 0 Å². The lowest BCUT2D eigenvalue weighted by Gasteiger charge is -2.36. The van der Waals surface area contributed by atoms with Gasteiger partial charge in [0.15, 0.2) is 0 Å². The molecule has 1 atom stereocenters. The molecule has 0 bridgehead atoms. The zero-order valence-corrected chi connectivity index (χ0v) is 7.69. The Labute approximate surface area is 69.5 Å². The molecule has 66 valence electrons. The van der Waals surface area contributed by atoms with Crippen molar-refractivity contribution in [2.45, 2.75) is 38.1 Å². The Bertz CT molecular complexity index is 115. The molecule has 0 aromatic carbocycles. The van der Waals surface area contributed by atoms with E-state index in [-0.39, 0.29) is 5.54 Å². The van der Waals surface area contributed by atoms with Crippen molar-refractivity contribution in [1.82, 2.24) is 5.32 Å². The minimum absolute atomic E-state index is 0.186. The van der Waals surface area contributed by atoms with Crippen LogP contribution < -0.4 is 11.1 Å². The predicted molar refractivity (Wildman–Crippen MR) is 48.5 cm³/mol. The van der Waals surface area contributed by atoms with E-state index in [0.717, 1.165) is 12.5 Å². The number of nitrogens with two attached hydrogens (primary N) is 1. The van der Waals surface area contributed by atoms with Gasteiger partial charge in [-0.15, -0.1) is 0 Å². The first-order valence-corrected chi connectivity index (χ1v) is 4.59. The molecule has 0 saturated heterocycles. The molecule has 2 heteroatoms. The molecule has 1 fully saturated rings. The Balaban J connectivity index is 2.29. The Morgan fingerprint density at radius 3 is 2.45 bits per heavy atom. The van der Waals surface area contributed by atoms with Crippen LogP contribution in [0.5, 0.6) is 0 Å². The summed E-state index contributed by atoms with van der Waals surface area (Å²) in [6.07, 6.45) is 5.50. The summed E-state index contributed by atoms with van der Waals surface area (Å²) in [4.78, 5) is 0. The molecule has 0 aromatic rings. The van der Waals surface area contributed by atoms with Crippen molar-refractivity contribution < 1.29 is 0 Å². The quantitative estimate of drug-likeness (QED) is 0.640. The van der Waals surface area contributed by atoms with E-state index < -0.39 is 0 Å². The minimum Gasteiger partial charge on any atom is -0.329 e. The van der Waals surface area contributed by atoms with Gasteiger partial charge in [-0.25, -0.2) is 0 Å². The van der Waals surface area contributed by atoms with Gasteiger partial charge >= 0.3 is 0 Å². The summed E-state index contributed by atoms with van der Waals surface area (Å²) in [7, 11) is 2.01. The number of hydrogen-bond acceptors (Lipinski definition) is 2. The molecule has 2 nitrogen and oxygen atoms in total. The third-order valence-electron chi connectivity index (χ3n) is 3.02. The summed E-state index contributed by atoms with van der Waals surface area (Å²) in [6.45, 7) is 2.96. The van der Waals surface area contributed by atoms with Crippen LogP contribution in [0.25, 0.3) is 0 Å². The first-order chi connectivity index (χ1) is 5.20. The van der Waals surface area contributed by atoms with Gasteiger partial charge < -0.3 is 11.1 Å². The van der Waals surface area contributed by atoms with Crippen molar-refractivity contribution >= 4 is 0 Å². The van der Waals surface area contributed by atoms with Gasteiger partial charge in [-0.1, -0.05) is 19.3 Å². The highest BCUT2D eigenvalue weighted by Crippen LogP contribution is 2.33. The Kier molecular flexibility index (Phi) is 2.90. The summed E-state index contributed by atoms with van der Waals surface area (Å²) < 4.78 is 0. The highest BCUT2D eigenvalue weighted by molar-refractivity contribution is 4.87. The fourth-order valence-electron chi connectivity index (χ4n) is 1.62. The highest BCUT2D eigenvalue weighted by atomic mass is 15.0. The lowest BCUT2D eigenvalue weighted by molar-refractivity contribution is 0.215. The SMILES string of the molecule is CNC(C)(CN)CC1CCC1. The van der Waals surface area contributed by atoms with Crippen LogP contribution in [-0.2, 0) is 0 Å². The van der Waals surface area contributed by atoms with Gasteiger partial charge in [-0.2, -0.15) is 0 Å². The van der Waals surface area contributed by atoms with Crippen LogP contribution in [0, 0.1) is 5.92 Å². The van der Waals surface area contributed by atoms with Crippen LogP contribution in [0.15, 0.2) is 0 Å². The topological polar surface area (TPSA) is 38.0 Å². The van der Waals surface area contributed by atoms with Gasteiger partial charge in [0.25, 0.3) is 0 Å². The lowest BCUT2D eigenvalue weighted by Crippen LogP contribution is -2.48. The minimum atomic E-state index is 0.186. The van der Waals surface area contributed by atoms with Gasteiger partial charge in [-0.3, -0.25) is 0 Å². The molecule has 1 aliphatic carbocycles. The maximum Gasteiger partial charge on any atom is 0.0275 e. The summed E-state index contributed by atoms with van der Waals surface area (Å²) in [5.74, 6) is 0.941. The van der Waals surface area contributed by atoms with Crippen molar-refractivity contribution in [3.8, 4) is 0 Å². The normalized spacial score (nSPS) is 24.3. The molecule has 1 unspecified atom stereocenters. The Hall–Kier alpha value is -0.0800. The van der Waals surface area contributed by atoms with E-state index in [4.69, 9.17) is 5.73 Å². The van der Waals surface area contributed by atoms with Crippen molar-refractivity contribution in [2.24, 2.45) is 11.7 Å². The van der Waals surface area contributed by atoms with Crippen LogP contribution in [0.2, 0.25) is 0 Å². The predicted octanol–water partition coefficient (Wildman–Crippen LogP) is 1.11. The molecule has 1 saturated carbocycles. The fourth-order valence-corrected chi connectivity index (χ4v) is 1.62. The monoisotopic (exact) mass is 156 g/mol. The average Bonchev–Trinajstić information content (AvgIpc) is 1.97. The molecule has 0 aliphatic heterocycles. The van der Waals surface area contributed by atoms with Gasteiger partial charge in [0.2, 0.25) is 0 Å². The van der Waals surface area contributed by atoms with E-state index in [0.29, 0.717) is 0 Å². The maximum atomic E-state index is 5.68. The molecule has 1 aliphatic rings. The van der Waals surface area contributed by atoms with Crippen LogP contribution in [0.4, 0.5) is 0 Å². The standard InChI is InChI=1S/C9H20N2/c1-9(7-10,11-2)6-8-4-3-5-8/h8,11H,3-7,10H2,1-2H3. The first-order valence-electron chi connectivity index (χ1n) is 4.59. The molecule has 1 rings (SSSR count). The van der Waals surface area contributed by atoms with E-state index in [2.05, 4.69) is 12.2 Å². The first kappa shape index (κ1) is 9.01. The van der Waals surface area contributed by atoms with Crippen LogP contribution in [0.1, 0.15) is 32.6 Å². The highest BCUT2D eigenvalue weighted by Gasteiger charge is 2.28. The molecule has 3 N–H and O–H groups in total. The van der Waals surface area contributed by atoms with Crippen LogP contribution in [-0.4, -0.2) is 19.1 Å². The molecule has 0 radical (unpaired) electrons. The molecule has 11 heavy (non-hydrogen) atoms. The molecular formula is C9H20N2. The third kappa shape index (κ3) is 2.17. The number of rotatable bonds is 4. The molecule has 0 aromatic heterocycles. The molecular weight excluding hydrogens is 136 g/mol. The summed E-state index contributed by atoms with van der Waals surface area (Å²) in [6, 6.07) is 0. The zero-order chi connectivity index (χ0) is 8.32. The second kappa shape index (κ2) is 3.55. The smallest absolute Gasteiger partial charge is 0.0275 e. The molecule has 0 spiro atoms. The van der Waals surface area contributed by atoms with E-state index >= 15 is 0 Å².